The number of carbonyl (C=O) groups is 1. The molecule has 14 heavy (non-hydrogen) atoms. The highest BCUT2D eigenvalue weighted by Gasteiger charge is 2.52. The van der Waals surface area contributed by atoms with E-state index in [0.29, 0.717) is 12.8 Å². The molecule has 0 aromatic rings. The smallest absolute Gasteiger partial charge is 0.341 e. The number of rotatable bonds is 0. The van der Waals surface area contributed by atoms with E-state index in [1.807, 2.05) is 0 Å². The average molecular weight is 208 g/mol. The molecule has 1 amide bonds. The number of carbonyl (C=O) groups excluding carboxylic acids is 1. The maximum Gasteiger partial charge on any atom is 0.412 e. The van der Waals surface area contributed by atoms with Gasteiger partial charge in [-0.2, -0.15) is 13.2 Å². The van der Waals surface area contributed by atoms with E-state index in [0.717, 1.165) is 0 Å². The first-order chi connectivity index (χ1) is 6.39. The highest BCUT2D eigenvalue weighted by atomic mass is 19.4. The molecule has 1 saturated carbocycles. The molecule has 2 saturated heterocycles. The molecule has 80 valence electrons. The topological polar surface area (TPSA) is 32.3 Å². The maximum absolute atomic E-state index is 12.4. The molecule has 0 radical (unpaired) electrons. The van der Waals surface area contributed by atoms with Crippen molar-refractivity contribution in [2.24, 2.45) is 0 Å². The van der Waals surface area contributed by atoms with Gasteiger partial charge in [-0.25, -0.2) is 0 Å². The SMILES string of the molecule is CN1C(=O)C(C(F)(F)F)NC2CC1C2. The third kappa shape index (κ3) is 1.37. The standard InChI is InChI=1S/C8H11F3N2O/c1-13-5-2-4(3-5)12-6(7(13)14)8(9,10)11/h4-6,12H,2-3H2,1H3. The van der Waals surface area contributed by atoms with Gasteiger partial charge in [0.1, 0.15) is 0 Å². The summed E-state index contributed by atoms with van der Waals surface area (Å²) in [7, 11) is 1.44. The fourth-order valence-electron chi connectivity index (χ4n) is 1.97. The first kappa shape index (κ1) is 9.76. The van der Waals surface area contributed by atoms with Crippen LogP contribution in [0.5, 0.6) is 0 Å². The van der Waals surface area contributed by atoms with Crippen molar-refractivity contribution in [3.05, 3.63) is 0 Å². The molecule has 1 atom stereocenters. The summed E-state index contributed by atoms with van der Waals surface area (Å²) in [5, 5.41) is 2.35. The van der Waals surface area contributed by atoms with E-state index < -0.39 is 18.1 Å². The molecule has 3 rings (SSSR count). The van der Waals surface area contributed by atoms with Gasteiger partial charge >= 0.3 is 6.18 Å². The molecule has 0 aromatic carbocycles. The van der Waals surface area contributed by atoms with Gasteiger partial charge in [0.2, 0.25) is 5.91 Å². The van der Waals surface area contributed by atoms with Crippen molar-refractivity contribution in [1.29, 1.82) is 0 Å². The summed E-state index contributed by atoms with van der Waals surface area (Å²) in [6.45, 7) is 0. The Kier molecular flexibility index (Phi) is 1.99. The van der Waals surface area contributed by atoms with Crippen molar-refractivity contribution in [2.45, 2.75) is 37.1 Å². The zero-order valence-electron chi connectivity index (χ0n) is 7.64. The number of likely N-dealkylation sites (N-methyl/N-ethyl adjacent to an activating group) is 1. The summed E-state index contributed by atoms with van der Waals surface area (Å²) in [5.41, 5.74) is 0. The number of nitrogens with one attached hydrogen (secondary N) is 1. The largest absolute Gasteiger partial charge is 0.412 e. The minimum absolute atomic E-state index is 0.00708. The quantitative estimate of drug-likeness (QED) is 0.629. The fraction of sp³-hybridized carbons (Fsp3) is 0.875. The van der Waals surface area contributed by atoms with Gasteiger partial charge in [0, 0.05) is 19.1 Å². The van der Waals surface area contributed by atoms with Gasteiger partial charge in [0.05, 0.1) is 0 Å². The van der Waals surface area contributed by atoms with Crippen LogP contribution in [0.4, 0.5) is 13.2 Å². The van der Waals surface area contributed by atoms with Crippen LogP contribution in [-0.4, -0.2) is 42.2 Å². The number of hydrogen-bond acceptors (Lipinski definition) is 2. The molecule has 3 aliphatic rings. The predicted molar refractivity (Wildman–Crippen MR) is 42.6 cm³/mol. The van der Waals surface area contributed by atoms with Crippen LogP contribution in [0, 0.1) is 0 Å². The third-order valence-corrected chi connectivity index (χ3v) is 2.99. The number of fused-ring (bicyclic) bond motifs is 3. The number of nitrogens with zero attached hydrogens (tertiary/aromatic N) is 1. The van der Waals surface area contributed by atoms with E-state index in [4.69, 9.17) is 0 Å². The normalized spacial score (nSPS) is 37.9. The van der Waals surface area contributed by atoms with Gasteiger partial charge in [0.15, 0.2) is 6.04 Å². The molecule has 3 nitrogen and oxygen atoms in total. The van der Waals surface area contributed by atoms with Crippen LogP contribution in [0.2, 0.25) is 0 Å². The van der Waals surface area contributed by atoms with Gasteiger partial charge in [-0.15, -0.1) is 0 Å². The number of halogens is 3. The van der Waals surface area contributed by atoms with Gasteiger partial charge in [0.25, 0.3) is 0 Å². The van der Waals surface area contributed by atoms with E-state index >= 15 is 0 Å². The minimum Gasteiger partial charge on any atom is -0.341 e. The molecular weight excluding hydrogens is 197 g/mol. The molecule has 1 N–H and O–H groups in total. The molecular formula is C8H11F3N2O. The van der Waals surface area contributed by atoms with Crippen LogP contribution in [0.25, 0.3) is 0 Å². The Hall–Kier alpha value is -0.780. The Morgan fingerprint density at radius 3 is 2.50 bits per heavy atom. The van der Waals surface area contributed by atoms with Crippen molar-refractivity contribution >= 4 is 5.91 Å². The van der Waals surface area contributed by atoms with Gasteiger partial charge in [-0.1, -0.05) is 0 Å². The van der Waals surface area contributed by atoms with Gasteiger partial charge < -0.3 is 4.90 Å². The zero-order valence-corrected chi connectivity index (χ0v) is 7.64. The summed E-state index contributed by atoms with van der Waals surface area (Å²) >= 11 is 0. The molecule has 2 bridgehead atoms. The van der Waals surface area contributed by atoms with Crippen LogP contribution in [0.1, 0.15) is 12.8 Å². The lowest BCUT2D eigenvalue weighted by Crippen LogP contribution is -2.52. The van der Waals surface area contributed by atoms with Crippen LogP contribution in [0.3, 0.4) is 0 Å². The van der Waals surface area contributed by atoms with E-state index in [2.05, 4.69) is 5.32 Å². The van der Waals surface area contributed by atoms with Crippen LogP contribution >= 0.6 is 0 Å². The molecule has 6 heteroatoms. The fourth-order valence-corrected chi connectivity index (χ4v) is 1.97. The molecule has 2 aliphatic heterocycles. The average Bonchev–Trinajstić information content (AvgIpc) is 2.14. The highest BCUT2D eigenvalue weighted by molar-refractivity contribution is 5.83. The second-order valence-corrected chi connectivity index (χ2v) is 3.91. The second kappa shape index (κ2) is 2.85. The maximum atomic E-state index is 12.4. The summed E-state index contributed by atoms with van der Waals surface area (Å²) in [4.78, 5) is 12.6. The van der Waals surface area contributed by atoms with Crippen LogP contribution in [0.15, 0.2) is 0 Å². The lowest BCUT2D eigenvalue weighted by molar-refractivity contribution is -0.173. The first-order valence-electron chi connectivity index (χ1n) is 4.49. The van der Waals surface area contributed by atoms with Crippen molar-refractivity contribution in [2.75, 3.05) is 7.05 Å². The Morgan fingerprint density at radius 1 is 1.43 bits per heavy atom. The molecule has 1 aliphatic carbocycles. The van der Waals surface area contributed by atoms with Gasteiger partial charge in [-0.05, 0) is 12.8 Å². The Balaban J connectivity index is 2.21. The number of alkyl halides is 3. The summed E-state index contributed by atoms with van der Waals surface area (Å²) in [5.74, 6) is -0.859. The third-order valence-electron chi connectivity index (χ3n) is 2.99. The Labute approximate surface area is 79.3 Å². The lowest BCUT2D eigenvalue weighted by Gasteiger charge is -2.36. The zero-order chi connectivity index (χ0) is 10.5. The molecule has 1 unspecified atom stereocenters. The highest BCUT2D eigenvalue weighted by Crippen LogP contribution is 2.33. The number of hydrogen-bond donors (Lipinski definition) is 1. The monoisotopic (exact) mass is 208 g/mol. The molecule has 0 aromatic heterocycles. The molecule has 3 fully saturated rings. The summed E-state index contributed by atoms with van der Waals surface area (Å²) in [6.07, 6.45) is -3.22. The van der Waals surface area contributed by atoms with Crippen molar-refractivity contribution in [3.8, 4) is 0 Å². The predicted octanol–water partition coefficient (Wildman–Crippen LogP) is 0.510. The van der Waals surface area contributed by atoms with E-state index in [1.165, 1.54) is 11.9 Å². The van der Waals surface area contributed by atoms with E-state index in [-0.39, 0.29) is 12.1 Å². The minimum atomic E-state index is -4.48. The van der Waals surface area contributed by atoms with Crippen molar-refractivity contribution in [3.63, 3.8) is 0 Å². The van der Waals surface area contributed by atoms with Gasteiger partial charge in [-0.3, -0.25) is 10.1 Å². The van der Waals surface area contributed by atoms with E-state index in [1.54, 1.807) is 0 Å². The Morgan fingerprint density at radius 2 is 2.00 bits per heavy atom. The lowest BCUT2D eigenvalue weighted by atomic mass is 9.87. The molecule has 2 heterocycles. The Bertz CT molecular complexity index is 260. The summed E-state index contributed by atoms with van der Waals surface area (Å²) < 4.78 is 37.3. The molecule has 0 spiro atoms. The van der Waals surface area contributed by atoms with Crippen molar-refractivity contribution < 1.29 is 18.0 Å². The summed E-state index contributed by atoms with van der Waals surface area (Å²) in [6, 6.07) is -2.17. The van der Waals surface area contributed by atoms with E-state index in [9.17, 15) is 18.0 Å². The second-order valence-electron chi connectivity index (χ2n) is 3.91. The van der Waals surface area contributed by atoms with Crippen molar-refractivity contribution in [1.82, 2.24) is 10.2 Å². The number of amides is 1. The first-order valence-corrected chi connectivity index (χ1v) is 4.49. The van der Waals surface area contributed by atoms with Crippen LogP contribution < -0.4 is 5.32 Å². The van der Waals surface area contributed by atoms with Crippen LogP contribution in [-0.2, 0) is 4.79 Å².